The first-order valence-corrected chi connectivity index (χ1v) is 8.39. The number of esters is 1. The van der Waals surface area contributed by atoms with Gasteiger partial charge in [-0.15, -0.1) is 0 Å². The molecule has 0 heterocycles. The number of aliphatic hydroxyl groups is 1. The normalized spacial score (nSPS) is 16.4. The predicted octanol–water partition coefficient (Wildman–Crippen LogP) is 6.02. The Morgan fingerprint density at radius 2 is 1.15 bits per heavy atom. The lowest BCUT2D eigenvalue weighted by Gasteiger charge is -2.42. The maximum absolute atomic E-state index is 14.2. The van der Waals surface area contributed by atoms with Crippen molar-refractivity contribution in [3.8, 4) is 5.75 Å². The summed E-state index contributed by atoms with van der Waals surface area (Å²) in [5.74, 6) is -42.3. The van der Waals surface area contributed by atoms with Crippen molar-refractivity contribution in [1.82, 2.24) is 0 Å². The molecule has 0 spiro atoms. The molecule has 0 amide bonds. The van der Waals surface area contributed by atoms with Crippen LogP contribution in [0.15, 0.2) is 24.3 Å². The van der Waals surface area contributed by atoms with Crippen LogP contribution in [0.3, 0.4) is 0 Å². The molecule has 0 saturated carbocycles. The van der Waals surface area contributed by atoms with Crippen molar-refractivity contribution in [2.45, 2.75) is 55.7 Å². The molecule has 0 saturated heterocycles. The predicted molar refractivity (Wildman–Crippen MR) is 82.7 cm³/mol. The molecule has 0 aromatic heterocycles. The van der Waals surface area contributed by atoms with Gasteiger partial charge in [-0.2, -0.15) is 57.1 Å². The van der Waals surface area contributed by atoms with Gasteiger partial charge in [-0.05, 0) is 17.7 Å². The van der Waals surface area contributed by atoms with Crippen molar-refractivity contribution in [2.75, 3.05) is 0 Å². The summed E-state index contributed by atoms with van der Waals surface area (Å²) in [5, 5.41) is 9.84. The Balaban J connectivity index is 3.39. The van der Waals surface area contributed by atoms with Crippen molar-refractivity contribution in [1.29, 1.82) is 0 Å². The van der Waals surface area contributed by atoms with Crippen molar-refractivity contribution in [3.63, 3.8) is 0 Å². The van der Waals surface area contributed by atoms with E-state index in [0.29, 0.717) is 12.1 Å². The van der Waals surface area contributed by atoms with Crippen LogP contribution in [-0.2, 0) is 4.79 Å². The summed E-state index contributed by atoms with van der Waals surface area (Å²) in [5.41, 5.74) is -0.732. The van der Waals surface area contributed by atoms with Gasteiger partial charge in [0.05, 0.1) is 12.0 Å². The van der Waals surface area contributed by atoms with Crippen molar-refractivity contribution >= 4 is 5.97 Å². The van der Waals surface area contributed by atoms with E-state index >= 15 is 0 Å². The Morgan fingerprint density at radius 3 is 1.52 bits per heavy atom. The van der Waals surface area contributed by atoms with Gasteiger partial charge in [-0.25, -0.2) is 0 Å². The quantitative estimate of drug-likeness (QED) is 0.263. The Kier molecular flexibility index (Phi) is 7.42. The van der Waals surface area contributed by atoms with Gasteiger partial charge >= 0.3 is 41.8 Å². The van der Waals surface area contributed by atoms with Gasteiger partial charge in [0.25, 0.3) is 0 Å². The number of carbonyl (C=O) groups is 1. The van der Waals surface area contributed by atoms with E-state index in [1.165, 1.54) is 0 Å². The molecular weight excluding hydrogens is 499 g/mol. The number of ether oxygens (including phenoxy) is 1. The number of alkyl halides is 13. The monoisotopic (exact) mass is 512 g/mol. The van der Waals surface area contributed by atoms with Gasteiger partial charge in [-0.1, -0.05) is 19.1 Å². The Labute approximate surface area is 176 Å². The molecule has 190 valence electrons. The second-order valence-electron chi connectivity index (χ2n) is 6.81. The second-order valence-corrected chi connectivity index (χ2v) is 6.81. The number of aliphatic hydroxyl groups excluding tert-OH is 1. The molecule has 16 heteroatoms. The van der Waals surface area contributed by atoms with Crippen LogP contribution >= 0.6 is 0 Å². The average Bonchev–Trinajstić information content (AvgIpc) is 2.65. The molecule has 1 aromatic carbocycles. The topological polar surface area (TPSA) is 46.5 Å². The van der Waals surface area contributed by atoms with E-state index in [1.807, 2.05) is 0 Å². The Bertz CT molecular complexity index is 847. The molecule has 1 N–H and O–H groups in total. The Hall–Kier alpha value is -2.26. The molecule has 0 aliphatic rings. The van der Waals surface area contributed by atoms with Crippen LogP contribution < -0.4 is 4.74 Å². The lowest BCUT2D eigenvalue weighted by Crippen LogP contribution is -2.71. The molecule has 1 aromatic rings. The van der Waals surface area contributed by atoms with Crippen LogP contribution in [0.4, 0.5) is 57.1 Å². The van der Waals surface area contributed by atoms with E-state index in [4.69, 9.17) is 0 Å². The van der Waals surface area contributed by atoms with Crippen LogP contribution in [0, 0.1) is 5.92 Å². The summed E-state index contributed by atoms with van der Waals surface area (Å²) >= 11 is 0. The van der Waals surface area contributed by atoms with E-state index in [2.05, 4.69) is 4.74 Å². The highest BCUT2D eigenvalue weighted by Gasteiger charge is 2.91. The summed E-state index contributed by atoms with van der Waals surface area (Å²) < 4.78 is 176. The third kappa shape index (κ3) is 4.57. The lowest BCUT2D eigenvalue weighted by atomic mass is 9.83. The molecule has 1 rings (SSSR count). The van der Waals surface area contributed by atoms with Crippen molar-refractivity contribution < 1.29 is 71.7 Å². The molecule has 2 unspecified atom stereocenters. The molecule has 0 aliphatic heterocycles. The molecule has 0 fully saturated rings. The fraction of sp³-hybridized carbons (Fsp3) is 0.588. The lowest BCUT2D eigenvalue weighted by molar-refractivity contribution is -0.444. The van der Waals surface area contributed by atoms with Gasteiger partial charge in [0.15, 0.2) is 0 Å². The maximum Gasteiger partial charge on any atom is 0.460 e. The number of benzene rings is 1. The van der Waals surface area contributed by atoms with Gasteiger partial charge in [0.2, 0.25) is 0 Å². The molecule has 0 radical (unpaired) electrons. The Morgan fingerprint density at radius 1 is 0.758 bits per heavy atom. The summed E-state index contributed by atoms with van der Waals surface area (Å²) in [6.07, 6.45) is -10.3. The molecule has 0 bridgehead atoms. The van der Waals surface area contributed by atoms with E-state index < -0.39 is 59.3 Å². The largest absolute Gasteiger partial charge is 0.460 e. The summed E-state index contributed by atoms with van der Waals surface area (Å²) in [7, 11) is 0. The third-order valence-electron chi connectivity index (χ3n) is 4.49. The van der Waals surface area contributed by atoms with E-state index in [9.17, 15) is 67.0 Å². The van der Waals surface area contributed by atoms with E-state index in [0.717, 1.165) is 19.1 Å². The maximum atomic E-state index is 14.2. The minimum Gasteiger partial charge on any atom is -0.427 e. The summed E-state index contributed by atoms with van der Waals surface area (Å²) in [6.45, 7) is 0.889. The zero-order valence-corrected chi connectivity index (χ0v) is 16.1. The zero-order valence-electron chi connectivity index (χ0n) is 16.1. The second kappa shape index (κ2) is 8.51. The fourth-order valence-electron chi connectivity index (χ4n) is 2.45. The first-order chi connectivity index (χ1) is 14.5. The summed E-state index contributed by atoms with van der Waals surface area (Å²) in [4.78, 5) is 10.8. The molecule has 33 heavy (non-hydrogen) atoms. The number of hydrogen-bond donors (Lipinski definition) is 1. The number of hydrogen-bond acceptors (Lipinski definition) is 3. The number of carbonyl (C=O) groups excluding carboxylic acids is 1. The molecule has 2 atom stereocenters. The zero-order chi connectivity index (χ0) is 26.4. The van der Waals surface area contributed by atoms with Crippen LogP contribution in [0.2, 0.25) is 0 Å². The number of halogens is 13. The molecule has 3 nitrogen and oxygen atoms in total. The van der Waals surface area contributed by atoms with E-state index in [1.54, 1.807) is 0 Å². The first kappa shape index (κ1) is 28.8. The third-order valence-corrected chi connectivity index (χ3v) is 4.49. The summed E-state index contributed by atoms with van der Waals surface area (Å²) in [6, 6.07) is 3.02. The minimum atomic E-state index is -8.01. The van der Waals surface area contributed by atoms with Crippen LogP contribution in [-0.4, -0.2) is 46.9 Å². The average molecular weight is 512 g/mol. The van der Waals surface area contributed by atoms with Gasteiger partial charge < -0.3 is 9.84 Å². The van der Waals surface area contributed by atoms with E-state index in [-0.39, 0.29) is 12.7 Å². The molecule has 0 aliphatic carbocycles. The highest BCUT2D eigenvalue weighted by Crippen LogP contribution is 2.61. The van der Waals surface area contributed by atoms with Crippen LogP contribution in [0.25, 0.3) is 0 Å². The highest BCUT2D eigenvalue weighted by atomic mass is 19.4. The minimum absolute atomic E-state index is 0.0608. The molecular formula is C17H13F13O3. The van der Waals surface area contributed by atoms with Crippen molar-refractivity contribution in [2.24, 2.45) is 5.92 Å². The van der Waals surface area contributed by atoms with Gasteiger partial charge in [0, 0.05) is 6.92 Å². The van der Waals surface area contributed by atoms with Crippen molar-refractivity contribution in [3.05, 3.63) is 29.8 Å². The smallest absolute Gasteiger partial charge is 0.427 e. The first-order valence-electron chi connectivity index (χ1n) is 8.39. The number of rotatable bonds is 8. The van der Waals surface area contributed by atoms with Crippen LogP contribution in [0.1, 0.15) is 25.5 Å². The van der Waals surface area contributed by atoms with Gasteiger partial charge in [-0.3, -0.25) is 4.79 Å². The van der Waals surface area contributed by atoms with Gasteiger partial charge in [0.1, 0.15) is 5.75 Å². The van der Waals surface area contributed by atoms with Crippen LogP contribution in [0.5, 0.6) is 5.75 Å². The highest BCUT2D eigenvalue weighted by molar-refractivity contribution is 5.69. The fourth-order valence-corrected chi connectivity index (χ4v) is 2.45. The SMILES string of the molecule is CC(=O)Oc1ccc(C(O)C(C)C(F)(F)C(F)(F)C(F)(F)C(F)(F)C(F)(F)C(F)(F)F)cc1. The standard InChI is InChI=1S/C17H13F13O3/c1-7(11(32)9-3-5-10(6-4-9)33-8(2)31)12(18,19)13(20,21)14(22,23)15(24,25)16(26,27)17(28,29)30/h3-7,11,32H,1-2H3.